The third-order valence-electron chi connectivity index (χ3n) is 1.04. The molecular weight excluding hydrogens is 310 g/mol. The first-order valence-corrected chi connectivity index (χ1v) is 3.06. The molecule has 1 aromatic rings. The first-order valence-electron chi connectivity index (χ1n) is 3.06. The average Bonchev–Trinajstić information content (AvgIpc) is 1.88. The third kappa shape index (κ3) is 3.94. The van der Waals surface area contributed by atoms with E-state index in [9.17, 15) is 4.79 Å². The maximum atomic E-state index is 10.4. The van der Waals surface area contributed by atoms with Crippen LogP contribution >= 0.6 is 0 Å². The second-order valence-electron chi connectivity index (χ2n) is 1.97. The summed E-state index contributed by atoms with van der Waals surface area (Å²) in [5, 5.41) is 3.72. The molecule has 0 saturated carbocycles. The van der Waals surface area contributed by atoms with Crippen LogP contribution in [0.1, 0.15) is 6.92 Å². The number of nitrogens with zero attached hydrogens (tertiary/aromatic N) is 1. The number of rotatable bonds is 1. The molecule has 1 aromatic carbocycles. The quantitative estimate of drug-likeness (QED) is 0.781. The minimum atomic E-state index is -0.161. The van der Waals surface area contributed by atoms with Crippen molar-refractivity contribution in [3.8, 4) is 0 Å². The predicted octanol–water partition coefficient (Wildman–Crippen LogP) is 2.24. The number of hydrogen-bond donors (Lipinski definition) is 0. The summed E-state index contributed by atoms with van der Waals surface area (Å²) in [6.07, 6.45) is 0. The summed E-state index contributed by atoms with van der Waals surface area (Å²) in [4.78, 5) is 10.4. The molecule has 0 saturated heterocycles. The van der Waals surface area contributed by atoms with Crippen LogP contribution in [0, 0.1) is 0 Å². The number of amides is 1. The van der Waals surface area contributed by atoms with Gasteiger partial charge in [-0.3, -0.25) is 0 Å². The average molecular weight is 318 g/mol. The van der Waals surface area contributed by atoms with Gasteiger partial charge < -0.3 is 10.1 Å². The minimum Gasteiger partial charge on any atom is -0.627 e. The maximum absolute atomic E-state index is 10.4. The van der Waals surface area contributed by atoms with E-state index in [4.69, 9.17) is 0 Å². The van der Waals surface area contributed by atoms with Crippen LogP contribution in [0.4, 0.5) is 5.69 Å². The van der Waals surface area contributed by atoms with Crippen LogP contribution in [0.25, 0.3) is 5.32 Å². The van der Waals surface area contributed by atoms with Crippen LogP contribution in [0.15, 0.2) is 30.3 Å². The Hall–Kier alpha value is -0.622. The van der Waals surface area contributed by atoms with E-state index in [1.807, 2.05) is 18.2 Å². The monoisotopic (exact) mass is 318 g/mol. The topological polar surface area (TPSA) is 31.2 Å². The molecule has 0 aliphatic carbocycles. The van der Waals surface area contributed by atoms with Crippen molar-refractivity contribution in [2.45, 2.75) is 6.92 Å². The molecule has 1 rings (SSSR count). The standard InChI is InChI=1S/C8H9NO.W/c1-7(10)9-8-5-3-2-4-6-8;/h2-6H,1H3,(H,9,10);/q;+2/p-1. The summed E-state index contributed by atoms with van der Waals surface area (Å²) in [5.41, 5.74) is 0.718. The number of hydrogen-bond acceptors (Lipinski definition) is 1. The number of carbonyl (C=O) groups excluding carboxylic acids is 1. The van der Waals surface area contributed by atoms with Gasteiger partial charge in [-0.2, -0.15) is 0 Å². The Bertz CT molecular complexity index is 223. The van der Waals surface area contributed by atoms with Crippen molar-refractivity contribution in [3.63, 3.8) is 0 Å². The van der Waals surface area contributed by atoms with E-state index in [1.165, 1.54) is 6.92 Å². The molecule has 1 amide bonds. The van der Waals surface area contributed by atoms with Gasteiger partial charge in [0.05, 0.1) is 5.91 Å². The molecule has 0 radical (unpaired) electrons. The van der Waals surface area contributed by atoms with Gasteiger partial charge in [0, 0.05) is 0 Å². The zero-order valence-electron chi connectivity index (χ0n) is 6.15. The SMILES string of the molecule is CC(=O)[N-]c1ccccc1.[W+2]. The van der Waals surface area contributed by atoms with Crippen molar-refractivity contribution in [2.75, 3.05) is 0 Å². The van der Waals surface area contributed by atoms with E-state index >= 15 is 0 Å². The predicted molar refractivity (Wildman–Crippen MR) is 40.1 cm³/mol. The molecule has 0 N–H and O–H groups in total. The smallest absolute Gasteiger partial charge is 0.627 e. The molecule has 0 atom stereocenters. The molecule has 56 valence electrons. The van der Waals surface area contributed by atoms with Crippen molar-refractivity contribution in [2.24, 2.45) is 0 Å². The van der Waals surface area contributed by atoms with Crippen LogP contribution in [0.2, 0.25) is 0 Å². The second-order valence-corrected chi connectivity index (χ2v) is 1.97. The van der Waals surface area contributed by atoms with Crippen molar-refractivity contribution >= 4 is 11.6 Å². The summed E-state index contributed by atoms with van der Waals surface area (Å²) in [6.45, 7) is 1.44. The van der Waals surface area contributed by atoms with Gasteiger partial charge in [-0.05, 0) is 6.92 Å². The first kappa shape index (κ1) is 10.4. The van der Waals surface area contributed by atoms with Gasteiger partial charge in [0.15, 0.2) is 0 Å². The van der Waals surface area contributed by atoms with Crippen LogP contribution < -0.4 is 0 Å². The van der Waals surface area contributed by atoms with E-state index in [0.29, 0.717) is 0 Å². The van der Waals surface area contributed by atoms with E-state index in [-0.39, 0.29) is 27.0 Å². The third-order valence-corrected chi connectivity index (χ3v) is 1.04. The van der Waals surface area contributed by atoms with E-state index in [1.54, 1.807) is 12.1 Å². The molecule has 0 bridgehead atoms. The molecule has 0 aromatic heterocycles. The molecular formula is C8H8NOW+. The van der Waals surface area contributed by atoms with Crippen LogP contribution in [0.5, 0.6) is 0 Å². The Morgan fingerprint density at radius 1 is 1.27 bits per heavy atom. The van der Waals surface area contributed by atoms with Gasteiger partial charge in [0.2, 0.25) is 0 Å². The number of carbonyl (C=O) groups is 1. The molecule has 0 aliphatic heterocycles. The van der Waals surface area contributed by atoms with Gasteiger partial charge >= 0.3 is 21.1 Å². The summed E-state index contributed by atoms with van der Waals surface area (Å²) in [7, 11) is 0. The van der Waals surface area contributed by atoms with Crippen molar-refractivity contribution in [3.05, 3.63) is 35.6 Å². The normalized spacial score (nSPS) is 8.09. The molecule has 3 heteroatoms. The Kier molecular flexibility index (Phi) is 4.80. The van der Waals surface area contributed by atoms with Gasteiger partial charge in [-0.1, -0.05) is 30.3 Å². The van der Waals surface area contributed by atoms with Gasteiger partial charge in [-0.15, -0.1) is 5.69 Å². The molecule has 0 spiro atoms. The van der Waals surface area contributed by atoms with Crippen LogP contribution in [0.3, 0.4) is 0 Å². The zero-order chi connectivity index (χ0) is 7.40. The minimum absolute atomic E-state index is 0. The number of benzene rings is 1. The molecule has 0 aliphatic rings. The van der Waals surface area contributed by atoms with E-state index < -0.39 is 0 Å². The zero-order valence-corrected chi connectivity index (χ0v) is 9.08. The fourth-order valence-electron chi connectivity index (χ4n) is 0.684. The van der Waals surface area contributed by atoms with Crippen LogP contribution in [-0.4, -0.2) is 5.91 Å². The Morgan fingerprint density at radius 3 is 2.27 bits per heavy atom. The summed E-state index contributed by atoms with van der Waals surface area (Å²) < 4.78 is 0. The van der Waals surface area contributed by atoms with Crippen LogP contribution in [-0.2, 0) is 25.9 Å². The fraction of sp³-hybridized carbons (Fsp3) is 0.125. The molecule has 11 heavy (non-hydrogen) atoms. The molecule has 2 nitrogen and oxygen atoms in total. The Balaban J connectivity index is 0.000001000. The Morgan fingerprint density at radius 2 is 1.82 bits per heavy atom. The van der Waals surface area contributed by atoms with Crippen molar-refractivity contribution in [1.82, 2.24) is 0 Å². The van der Waals surface area contributed by atoms with E-state index in [0.717, 1.165) is 5.69 Å². The molecule has 0 fully saturated rings. The Labute approximate surface area is 80.3 Å². The second kappa shape index (κ2) is 5.08. The summed E-state index contributed by atoms with van der Waals surface area (Å²) >= 11 is 0. The van der Waals surface area contributed by atoms with Crippen molar-refractivity contribution < 1.29 is 25.9 Å². The maximum Gasteiger partial charge on any atom is 2.00 e. The van der Waals surface area contributed by atoms with Crippen molar-refractivity contribution in [1.29, 1.82) is 0 Å². The summed E-state index contributed by atoms with van der Waals surface area (Å²) in [6, 6.07) is 9.17. The van der Waals surface area contributed by atoms with Gasteiger partial charge in [0.1, 0.15) is 0 Å². The van der Waals surface area contributed by atoms with Gasteiger partial charge in [0.25, 0.3) is 0 Å². The largest absolute Gasteiger partial charge is 2.00 e. The first-order chi connectivity index (χ1) is 4.79. The molecule has 0 unspecified atom stereocenters. The summed E-state index contributed by atoms with van der Waals surface area (Å²) in [5.74, 6) is -0.161. The van der Waals surface area contributed by atoms with E-state index in [2.05, 4.69) is 5.32 Å². The fourth-order valence-corrected chi connectivity index (χ4v) is 0.684. The van der Waals surface area contributed by atoms with Gasteiger partial charge in [-0.25, -0.2) is 0 Å². The number of para-hydroxylation sites is 1. The molecule has 0 heterocycles.